The lowest BCUT2D eigenvalue weighted by molar-refractivity contribution is 0.0526. The predicted molar refractivity (Wildman–Crippen MR) is 78.7 cm³/mol. The standard InChI is InChI=1S/C15H23N3O2/c1-2-20-15(19)11-8-9-14(17-10-11)18-13-7-5-3-4-6-12(13)16/h8-10,12-13H,2-7,16H2,1H3,(H,17,18). The summed E-state index contributed by atoms with van der Waals surface area (Å²) in [5.41, 5.74) is 6.65. The molecule has 110 valence electrons. The molecule has 0 radical (unpaired) electrons. The molecule has 5 heteroatoms. The van der Waals surface area contributed by atoms with Crippen LogP contribution in [-0.2, 0) is 4.74 Å². The summed E-state index contributed by atoms with van der Waals surface area (Å²) in [5.74, 6) is 0.429. The minimum atomic E-state index is -0.335. The van der Waals surface area contributed by atoms with E-state index in [4.69, 9.17) is 10.5 Å². The van der Waals surface area contributed by atoms with E-state index in [0.717, 1.165) is 18.7 Å². The highest BCUT2D eigenvalue weighted by molar-refractivity contribution is 5.89. The Morgan fingerprint density at radius 2 is 2.20 bits per heavy atom. The second-order valence-corrected chi connectivity index (χ2v) is 5.21. The summed E-state index contributed by atoms with van der Waals surface area (Å²) in [6.45, 7) is 2.16. The number of anilines is 1. The molecule has 2 atom stereocenters. The molecule has 0 aliphatic heterocycles. The van der Waals surface area contributed by atoms with Crippen LogP contribution in [0.5, 0.6) is 0 Å². The van der Waals surface area contributed by atoms with Crippen molar-refractivity contribution in [1.29, 1.82) is 0 Å². The Bertz CT molecular complexity index is 433. The highest BCUT2D eigenvalue weighted by Gasteiger charge is 2.20. The summed E-state index contributed by atoms with van der Waals surface area (Å²) in [6, 6.07) is 3.97. The van der Waals surface area contributed by atoms with Crippen molar-refractivity contribution in [1.82, 2.24) is 4.98 Å². The molecular weight excluding hydrogens is 254 g/mol. The first kappa shape index (κ1) is 14.8. The minimum Gasteiger partial charge on any atom is -0.462 e. The second-order valence-electron chi connectivity index (χ2n) is 5.21. The van der Waals surface area contributed by atoms with E-state index < -0.39 is 0 Å². The Labute approximate surface area is 119 Å². The quantitative estimate of drug-likeness (QED) is 0.652. The average molecular weight is 277 g/mol. The summed E-state index contributed by atoms with van der Waals surface area (Å²) >= 11 is 0. The lowest BCUT2D eigenvalue weighted by Gasteiger charge is -2.23. The van der Waals surface area contributed by atoms with Crippen molar-refractivity contribution >= 4 is 11.8 Å². The first-order valence-electron chi connectivity index (χ1n) is 7.36. The number of nitrogens with zero attached hydrogens (tertiary/aromatic N) is 1. The van der Waals surface area contributed by atoms with Crippen molar-refractivity contribution in [3.05, 3.63) is 23.9 Å². The fourth-order valence-corrected chi connectivity index (χ4v) is 2.52. The van der Waals surface area contributed by atoms with Gasteiger partial charge in [-0.3, -0.25) is 0 Å². The molecule has 0 bridgehead atoms. The summed E-state index contributed by atoms with van der Waals surface area (Å²) in [7, 11) is 0. The van der Waals surface area contributed by atoms with Crippen molar-refractivity contribution in [2.75, 3.05) is 11.9 Å². The molecule has 1 fully saturated rings. The molecule has 1 aromatic heterocycles. The van der Waals surface area contributed by atoms with Gasteiger partial charge in [0.05, 0.1) is 12.2 Å². The van der Waals surface area contributed by atoms with Crippen LogP contribution in [-0.4, -0.2) is 29.6 Å². The molecule has 1 aliphatic carbocycles. The molecule has 3 N–H and O–H groups in total. The number of hydrogen-bond donors (Lipinski definition) is 2. The smallest absolute Gasteiger partial charge is 0.339 e. The van der Waals surface area contributed by atoms with Crippen molar-refractivity contribution in [2.24, 2.45) is 5.73 Å². The summed E-state index contributed by atoms with van der Waals surface area (Å²) in [4.78, 5) is 15.8. The van der Waals surface area contributed by atoms with Gasteiger partial charge in [0.15, 0.2) is 0 Å². The first-order valence-corrected chi connectivity index (χ1v) is 7.36. The van der Waals surface area contributed by atoms with Gasteiger partial charge < -0.3 is 15.8 Å². The normalized spacial score (nSPS) is 22.9. The molecule has 5 nitrogen and oxygen atoms in total. The van der Waals surface area contributed by atoms with E-state index in [2.05, 4.69) is 10.3 Å². The third kappa shape index (κ3) is 3.93. The lowest BCUT2D eigenvalue weighted by atomic mass is 10.0. The number of pyridine rings is 1. The summed E-state index contributed by atoms with van der Waals surface area (Å²) in [6.07, 6.45) is 7.32. The van der Waals surface area contributed by atoms with Crippen molar-refractivity contribution in [3.63, 3.8) is 0 Å². The van der Waals surface area contributed by atoms with Gasteiger partial charge in [0.2, 0.25) is 0 Å². The maximum atomic E-state index is 11.5. The van der Waals surface area contributed by atoms with Gasteiger partial charge in [-0.05, 0) is 31.9 Å². The molecular formula is C15H23N3O2. The summed E-state index contributed by atoms with van der Waals surface area (Å²) in [5, 5.41) is 3.38. The highest BCUT2D eigenvalue weighted by Crippen LogP contribution is 2.20. The third-order valence-corrected chi connectivity index (χ3v) is 3.68. The van der Waals surface area contributed by atoms with Gasteiger partial charge >= 0.3 is 5.97 Å². The Kier molecular flexibility index (Phi) is 5.35. The highest BCUT2D eigenvalue weighted by atomic mass is 16.5. The number of hydrogen-bond acceptors (Lipinski definition) is 5. The maximum absolute atomic E-state index is 11.5. The van der Waals surface area contributed by atoms with Crippen LogP contribution in [0.1, 0.15) is 49.4 Å². The van der Waals surface area contributed by atoms with Crippen LogP contribution >= 0.6 is 0 Å². The van der Waals surface area contributed by atoms with Crippen LogP contribution < -0.4 is 11.1 Å². The molecule has 1 heterocycles. The lowest BCUT2D eigenvalue weighted by Crippen LogP contribution is -2.39. The number of nitrogens with one attached hydrogen (secondary N) is 1. The van der Waals surface area contributed by atoms with Crippen molar-refractivity contribution in [2.45, 2.75) is 51.1 Å². The van der Waals surface area contributed by atoms with E-state index in [1.165, 1.54) is 19.3 Å². The Hall–Kier alpha value is -1.62. The van der Waals surface area contributed by atoms with Crippen LogP contribution in [0.15, 0.2) is 18.3 Å². The van der Waals surface area contributed by atoms with Gasteiger partial charge in [-0.15, -0.1) is 0 Å². The minimum absolute atomic E-state index is 0.170. The number of carbonyl (C=O) groups excluding carboxylic acids is 1. The zero-order chi connectivity index (χ0) is 14.4. The number of nitrogens with two attached hydrogens (primary N) is 1. The predicted octanol–water partition coefficient (Wildman–Crippen LogP) is 2.33. The van der Waals surface area contributed by atoms with Gasteiger partial charge in [-0.1, -0.05) is 19.3 Å². The van der Waals surface area contributed by atoms with E-state index in [1.54, 1.807) is 19.2 Å². The van der Waals surface area contributed by atoms with E-state index in [0.29, 0.717) is 12.2 Å². The Balaban J connectivity index is 1.97. The fourth-order valence-electron chi connectivity index (χ4n) is 2.52. The van der Waals surface area contributed by atoms with Gasteiger partial charge in [-0.2, -0.15) is 0 Å². The molecule has 2 rings (SSSR count). The Morgan fingerprint density at radius 3 is 2.90 bits per heavy atom. The largest absolute Gasteiger partial charge is 0.462 e. The van der Waals surface area contributed by atoms with E-state index >= 15 is 0 Å². The molecule has 0 amide bonds. The molecule has 1 aromatic rings. The number of ether oxygens (including phenoxy) is 1. The van der Waals surface area contributed by atoms with Crippen LogP contribution in [0.2, 0.25) is 0 Å². The van der Waals surface area contributed by atoms with Gasteiger partial charge in [0.1, 0.15) is 5.82 Å². The van der Waals surface area contributed by atoms with E-state index in [9.17, 15) is 4.79 Å². The molecule has 0 saturated heterocycles. The fraction of sp³-hybridized carbons (Fsp3) is 0.600. The number of aromatic nitrogens is 1. The maximum Gasteiger partial charge on any atom is 0.339 e. The molecule has 1 saturated carbocycles. The van der Waals surface area contributed by atoms with E-state index in [1.807, 2.05) is 6.07 Å². The second kappa shape index (κ2) is 7.24. The van der Waals surface area contributed by atoms with Crippen molar-refractivity contribution in [3.8, 4) is 0 Å². The topological polar surface area (TPSA) is 77.2 Å². The van der Waals surface area contributed by atoms with Crippen LogP contribution in [0.3, 0.4) is 0 Å². The number of esters is 1. The third-order valence-electron chi connectivity index (χ3n) is 3.68. The molecule has 2 unspecified atom stereocenters. The molecule has 0 aromatic carbocycles. The average Bonchev–Trinajstić information content (AvgIpc) is 2.65. The van der Waals surface area contributed by atoms with Crippen LogP contribution in [0, 0.1) is 0 Å². The van der Waals surface area contributed by atoms with E-state index in [-0.39, 0.29) is 18.1 Å². The SMILES string of the molecule is CCOC(=O)c1ccc(NC2CCCCCC2N)nc1. The number of rotatable bonds is 4. The van der Waals surface area contributed by atoms with Gasteiger partial charge in [0.25, 0.3) is 0 Å². The molecule has 20 heavy (non-hydrogen) atoms. The van der Waals surface area contributed by atoms with Crippen LogP contribution in [0.25, 0.3) is 0 Å². The Morgan fingerprint density at radius 1 is 1.40 bits per heavy atom. The summed E-state index contributed by atoms with van der Waals surface area (Å²) < 4.78 is 4.93. The van der Waals surface area contributed by atoms with Gasteiger partial charge in [-0.25, -0.2) is 9.78 Å². The first-order chi connectivity index (χ1) is 9.70. The molecule has 1 aliphatic rings. The monoisotopic (exact) mass is 277 g/mol. The van der Waals surface area contributed by atoms with Crippen LogP contribution in [0.4, 0.5) is 5.82 Å². The zero-order valence-electron chi connectivity index (χ0n) is 12.0. The number of carbonyl (C=O) groups is 1. The zero-order valence-corrected chi connectivity index (χ0v) is 12.0. The van der Waals surface area contributed by atoms with Gasteiger partial charge in [0, 0.05) is 18.3 Å². The van der Waals surface area contributed by atoms with Crippen molar-refractivity contribution < 1.29 is 9.53 Å². The molecule has 0 spiro atoms.